The molecule has 9 aromatic rings. The zero-order chi connectivity index (χ0) is 31.9. The van der Waals surface area contributed by atoms with E-state index in [1.807, 2.05) is 24.3 Å². The first-order chi connectivity index (χ1) is 23.8. The number of fused-ring (bicyclic) bond motifs is 5. The van der Waals surface area contributed by atoms with Crippen LogP contribution in [0, 0.1) is 0 Å². The Balaban J connectivity index is 1.23. The van der Waals surface area contributed by atoms with Crippen LogP contribution in [-0.4, -0.2) is 15.0 Å². The molecular formula is C45H29N3. The molecule has 0 unspecified atom stereocenters. The maximum absolute atomic E-state index is 5.25. The Morgan fingerprint density at radius 2 is 0.875 bits per heavy atom. The maximum atomic E-state index is 5.25. The van der Waals surface area contributed by atoms with Gasteiger partial charge in [0.2, 0.25) is 0 Å². The van der Waals surface area contributed by atoms with E-state index in [9.17, 15) is 0 Å². The van der Waals surface area contributed by atoms with Crippen molar-refractivity contribution in [3.8, 4) is 56.3 Å². The number of rotatable bonds is 5. The van der Waals surface area contributed by atoms with Crippen molar-refractivity contribution in [2.45, 2.75) is 0 Å². The third-order valence-electron chi connectivity index (χ3n) is 9.05. The number of para-hydroxylation sites is 1. The zero-order valence-electron chi connectivity index (χ0n) is 26.1. The molecule has 0 aliphatic carbocycles. The van der Waals surface area contributed by atoms with E-state index in [2.05, 4.69) is 152 Å². The van der Waals surface area contributed by atoms with Crippen LogP contribution in [0.25, 0.3) is 88.7 Å². The van der Waals surface area contributed by atoms with Crippen LogP contribution in [0.2, 0.25) is 0 Å². The monoisotopic (exact) mass is 611 g/mol. The van der Waals surface area contributed by atoms with Crippen molar-refractivity contribution >= 4 is 32.4 Å². The van der Waals surface area contributed by atoms with Crippen LogP contribution in [0.3, 0.4) is 0 Å². The van der Waals surface area contributed by atoms with Crippen molar-refractivity contribution in [2.75, 3.05) is 0 Å². The van der Waals surface area contributed by atoms with E-state index < -0.39 is 0 Å². The molecule has 0 spiro atoms. The SMILES string of the molecule is c1ccc(-c2cccc(-c3cc(-c4cccc(-c5nc6ccccc6c6c5ccc5ccccc56)c4)nc(-c4ccccc4)n3)c2)cc1. The molecule has 0 bridgehead atoms. The molecule has 2 heterocycles. The molecule has 9 rings (SSSR count). The second-order valence-electron chi connectivity index (χ2n) is 12.0. The Morgan fingerprint density at radius 3 is 1.62 bits per heavy atom. The van der Waals surface area contributed by atoms with Gasteiger partial charge >= 0.3 is 0 Å². The summed E-state index contributed by atoms with van der Waals surface area (Å²) >= 11 is 0. The lowest BCUT2D eigenvalue weighted by Crippen LogP contribution is -1.96. The van der Waals surface area contributed by atoms with Gasteiger partial charge in [0.05, 0.1) is 22.6 Å². The molecule has 7 aromatic carbocycles. The first kappa shape index (κ1) is 27.8. The fraction of sp³-hybridized carbons (Fsp3) is 0. The Bertz CT molecular complexity index is 2590. The molecule has 3 nitrogen and oxygen atoms in total. The van der Waals surface area contributed by atoms with Gasteiger partial charge in [-0.15, -0.1) is 0 Å². The molecule has 0 radical (unpaired) electrons. The third kappa shape index (κ3) is 4.99. The Hall–Kier alpha value is -6.45. The molecule has 0 atom stereocenters. The van der Waals surface area contributed by atoms with Crippen molar-refractivity contribution in [2.24, 2.45) is 0 Å². The van der Waals surface area contributed by atoms with Crippen LogP contribution < -0.4 is 0 Å². The minimum Gasteiger partial charge on any atom is -0.247 e. The molecule has 0 aliphatic heterocycles. The first-order valence-corrected chi connectivity index (χ1v) is 16.2. The zero-order valence-corrected chi connectivity index (χ0v) is 26.1. The van der Waals surface area contributed by atoms with Gasteiger partial charge in [0, 0.05) is 38.4 Å². The first-order valence-electron chi connectivity index (χ1n) is 16.2. The van der Waals surface area contributed by atoms with Gasteiger partial charge in [-0.1, -0.05) is 152 Å². The Morgan fingerprint density at radius 1 is 0.312 bits per heavy atom. The van der Waals surface area contributed by atoms with E-state index in [0.717, 1.165) is 61.2 Å². The molecule has 0 amide bonds. The normalized spacial score (nSPS) is 11.3. The van der Waals surface area contributed by atoms with Crippen molar-refractivity contribution in [1.29, 1.82) is 0 Å². The van der Waals surface area contributed by atoms with Crippen molar-refractivity contribution in [3.63, 3.8) is 0 Å². The maximum Gasteiger partial charge on any atom is 0.160 e. The van der Waals surface area contributed by atoms with E-state index in [1.54, 1.807) is 0 Å². The lowest BCUT2D eigenvalue weighted by Gasteiger charge is -2.14. The summed E-state index contributed by atoms with van der Waals surface area (Å²) in [7, 11) is 0. The fourth-order valence-electron chi connectivity index (χ4n) is 6.72. The number of pyridine rings is 1. The molecule has 0 aliphatic rings. The van der Waals surface area contributed by atoms with Crippen molar-refractivity contribution in [3.05, 3.63) is 176 Å². The summed E-state index contributed by atoms with van der Waals surface area (Å²) in [4.78, 5) is 15.5. The molecule has 3 heteroatoms. The van der Waals surface area contributed by atoms with Gasteiger partial charge in [-0.05, 0) is 46.2 Å². The predicted octanol–water partition coefficient (Wildman–Crippen LogP) is 11.7. The van der Waals surface area contributed by atoms with Gasteiger partial charge in [-0.25, -0.2) is 15.0 Å². The van der Waals surface area contributed by atoms with Crippen molar-refractivity contribution in [1.82, 2.24) is 15.0 Å². The topological polar surface area (TPSA) is 38.7 Å². The lowest BCUT2D eigenvalue weighted by atomic mass is 9.94. The minimum atomic E-state index is 0.694. The Labute approximate surface area is 278 Å². The van der Waals surface area contributed by atoms with Gasteiger partial charge < -0.3 is 0 Å². The molecule has 0 N–H and O–H groups in total. The largest absolute Gasteiger partial charge is 0.247 e. The molecule has 48 heavy (non-hydrogen) atoms. The highest BCUT2D eigenvalue weighted by molar-refractivity contribution is 6.22. The highest BCUT2D eigenvalue weighted by Crippen LogP contribution is 2.38. The average Bonchev–Trinajstić information content (AvgIpc) is 3.18. The van der Waals surface area contributed by atoms with Crippen LogP contribution in [0.4, 0.5) is 0 Å². The second kappa shape index (κ2) is 11.7. The highest BCUT2D eigenvalue weighted by Gasteiger charge is 2.16. The summed E-state index contributed by atoms with van der Waals surface area (Å²) in [5.74, 6) is 0.694. The molecule has 2 aromatic heterocycles. The molecule has 0 saturated heterocycles. The average molecular weight is 612 g/mol. The van der Waals surface area contributed by atoms with Crippen LogP contribution >= 0.6 is 0 Å². The molecular weight excluding hydrogens is 583 g/mol. The number of hydrogen-bond donors (Lipinski definition) is 0. The number of hydrogen-bond acceptors (Lipinski definition) is 3. The van der Waals surface area contributed by atoms with Crippen LogP contribution in [-0.2, 0) is 0 Å². The van der Waals surface area contributed by atoms with Crippen molar-refractivity contribution < 1.29 is 0 Å². The van der Waals surface area contributed by atoms with Crippen LogP contribution in [0.15, 0.2) is 176 Å². The number of benzene rings is 7. The Kier molecular flexibility index (Phi) is 6.80. The van der Waals surface area contributed by atoms with Gasteiger partial charge in [0.1, 0.15) is 0 Å². The summed E-state index contributed by atoms with van der Waals surface area (Å²) < 4.78 is 0. The third-order valence-corrected chi connectivity index (χ3v) is 9.05. The van der Waals surface area contributed by atoms with Gasteiger partial charge in [0.15, 0.2) is 5.82 Å². The summed E-state index contributed by atoms with van der Waals surface area (Å²) in [6.07, 6.45) is 0. The number of nitrogens with zero attached hydrogens (tertiary/aromatic N) is 3. The molecule has 0 fully saturated rings. The standard InChI is InChI=1S/C45H29N3/c1-3-13-30(14-4-1)33-18-11-19-34(27-33)41-29-42(48-45(47-41)32-16-5-2-6-17-32)35-20-12-21-36(28-35)44-39-26-25-31-15-7-8-22-37(31)43(39)38-23-9-10-24-40(38)46-44/h1-29H. The summed E-state index contributed by atoms with van der Waals surface area (Å²) in [5, 5.41) is 5.98. The van der Waals surface area contributed by atoms with E-state index in [4.69, 9.17) is 15.0 Å². The number of aromatic nitrogens is 3. The second-order valence-corrected chi connectivity index (χ2v) is 12.0. The van der Waals surface area contributed by atoms with E-state index in [1.165, 1.54) is 21.7 Å². The van der Waals surface area contributed by atoms with Gasteiger partial charge in [0.25, 0.3) is 0 Å². The van der Waals surface area contributed by atoms with E-state index in [0.29, 0.717) is 5.82 Å². The van der Waals surface area contributed by atoms with Crippen LogP contribution in [0.5, 0.6) is 0 Å². The van der Waals surface area contributed by atoms with Crippen LogP contribution in [0.1, 0.15) is 0 Å². The summed E-state index contributed by atoms with van der Waals surface area (Å²) in [6.45, 7) is 0. The van der Waals surface area contributed by atoms with E-state index in [-0.39, 0.29) is 0 Å². The minimum absolute atomic E-state index is 0.694. The lowest BCUT2D eigenvalue weighted by molar-refractivity contribution is 1.18. The van der Waals surface area contributed by atoms with Gasteiger partial charge in [-0.3, -0.25) is 0 Å². The fourth-order valence-corrected chi connectivity index (χ4v) is 6.72. The smallest absolute Gasteiger partial charge is 0.160 e. The highest BCUT2D eigenvalue weighted by atomic mass is 14.9. The quantitative estimate of drug-likeness (QED) is 0.182. The predicted molar refractivity (Wildman–Crippen MR) is 200 cm³/mol. The summed E-state index contributed by atoms with van der Waals surface area (Å²) in [6, 6.07) is 61.4. The summed E-state index contributed by atoms with van der Waals surface area (Å²) in [5.41, 5.74) is 10.1. The van der Waals surface area contributed by atoms with Gasteiger partial charge in [-0.2, -0.15) is 0 Å². The molecule has 0 saturated carbocycles. The molecule has 224 valence electrons. The van der Waals surface area contributed by atoms with E-state index >= 15 is 0 Å².